The molecule has 0 bridgehead atoms. The number of thioether (sulfide) groups is 1. The third-order valence-corrected chi connectivity index (χ3v) is 8.39. The van der Waals surface area contributed by atoms with Crippen LogP contribution in [0.15, 0.2) is 85.0 Å². The largest absolute Gasteiger partial charge is 0.478 e. The van der Waals surface area contributed by atoms with Gasteiger partial charge in [-0.1, -0.05) is 29.5 Å². The van der Waals surface area contributed by atoms with Gasteiger partial charge in [-0.05, 0) is 81.5 Å². The Morgan fingerprint density at radius 1 is 1.12 bits per heavy atom. The molecule has 41 heavy (non-hydrogen) atoms. The first-order valence-corrected chi connectivity index (χ1v) is 14.9. The number of rotatable bonds is 7. The average Bonchev–Trinajstić information content (AvgIpc) is 3.51. The number of ether oxygens (including phenoxy) is 1. The van der Waals surface area contributed by atoms with Crippen LogP contribution in [-0.2, 0) is 9.53 Å². The summed E-state index contributed by atoms with van der Waals surface area (Å²) in [5.74, 6) is -0.611. The molecule has 0 saturated carbocycles. The predicted molar refractivity (Wildman–Crippen MR) is 159 cm³/mol. The Bertz CT molecular complexity index is 1880. The van der Waals surface area contributed by atoms with Crippen LogP contribution in [0.25, 0.3) is 17.4 Å². The molecule has 4 aromatic rings. The van der Waals surface area contributed by atoms with Crippen molar-refractivity contribution in [3.05, 3.63) is 108 Å². The number of carboxylic acids is 1. The van der Waals surface area contributed by atoms with E-state index in [4.69, 9.17) is 9.15 Å². The van der Waals surface area contributed by atoms with E-state index in [2.05, 4.69) is 4.99 Å². The number of thiazole rings is 1. The van der Waals surface area contributed by atoms with Gasteiger partial charge in [0.15, 0.2) is 4.80 Å². The van der Waals surface area contributed by atoms with Crippen molar-refractivity contribution >= 4 is 41.1 Å². The van der Waals surface area contributed by atoms with Crippen LogP contribution in [-0.4, -0.2) is 34.0 Å². The molecule has 0 fully saturated rings. The van der Waals surface area contributed by atoms with Crippen LogP contribution in [0, 0.1) is 6.92 Å². The number of carbonyl (C=O) groups excluding carboxylic acids is 1. The fourth-order valence-corrected chi connectivity index (χ4v) is 6.12. The molecule has 210 valence electrons. The topological polar surface area (TPSA) is 111 Å². The highest BCUT2D eigenvalue weighted by Crippen LogP contribution is 2.32. The molecule has 1 N–H and O–H groups in total. The molecule has 1 atom stereocenters. The molecule has 8 nitrogen and oxygen atoms in total. The summed E-state index contributed by atoms with van der Waals surface area (Å²) in [6.07, 6.45) is 3.29. The number of carboxylic acid groups (broad SMARTS) is 1. The number of nitrogens with zero attached hydrogens (tertiary/aromatic N) is 2. The average molecular weight is 589 g/mol. The van der Waals surface area contributed by atoms with Gasteiger partial charge in [0.05, 0.1) is 33.5 Å². The van der Waals surface area contributed by atoms with E-state index in [-0.39, 0.29) is 17.2 Å². The number of hydrogen-bond acceptors (Lipinski definition) is 8. The maximum atomic E-state index is 13.9. The number of carbonyl (C=O) groups is 2. The van der Waals surface area contributed by atoms with Crippen molar-refractivity contribution in [2.24, 2.45) is 4.99 Å². The highest BCUT2D eigenvalue weighted by molar-refractivity contribution is 7.98. The zero-order chi connectivity index (χ0) is 29.4. The summed E-state index contributed by atoms with van der Waals surface area (Å²) < 4.78 is 13.5. The lowest BCUT2D eigenvalue weighted by atomic mass is 9.96. The highest BCUT2D eigenvalue weighted by Gasteiger charge is 2.33. The molecule has 0 unspecified atom stereocenters. The van der Waals surface area contributed by atoms with Crippen LogP contribution in [0.4, 0.5) is 0 Å². The Hall–Kier alpha value is -4.15. The second-order valence-electron chi connectivity index (χ2n) is 9.85. The molecule has 0 radical (unpaired) electrons. The first-order valence-electron chi connectivity index (χ1n) is 12.9. The van der Waals surface area contributed by atoms with E-state index < -0.39 is 18.0 Å². The van der Waals surface area contributed by atoms with Gasteiger partial charge in [0, 0.05) is 16.5 Å². The number of aromatic nitrogens is 1. The molecule has 5 rings (SSSR count). The number of furan rings is 1. The highest BCUT2D eigenvalue weighted by atomic mass is 32.2. The van der Waals surface area contributed by atoms with E-state index in [0.29, 0.717) is 37.7 Å². The van der Waals surface area contributed by atoms with Crippen LogP contribution in [0.5, 0.6) is 0 Å². The standard InChI is InChI=1S/C31H28N2O6S2/c1-16(2)38-30(37)26-18(4)32-31-33(27(26)19-8-11-22(40-5)12-9-19)28(34)25(41-31)15-21-10-13-24(39-21)23-14-20(29(35)36)7-6-17(23)3/h6-16,27H,1-5H3,(H,35,36)/b25-15-/t27-/m1/s1. The molecule has 0 spiro atoms. The molecule has 2 aromatic carbocycles. The minimum atomic E-state index is -1.02. The van der Waals surface area contributed by atoms with Gasteiger partial charge in [-0.15, -0.1) is 11.8 Å². The smallest absolute Gasteiger partial charge is 0.338 e. The zero-order valence-corrected chi connectivity index (χ0v) is 24.8. The van der Waals surface area contributed by atoms with Crippen LogP contribution in [0.3, 0.4) is 0 Å². The third kappa shape index (κ3) is 5.57. The first kappa shape index (κ1) is 28.4. The SMILES string of the molecule is CSc1ccc([C@@H]2C(C(=O)OC(C)C)=C(C)N=c3s/c(=C\c4ccc(-c5cc(C(=O)O)ccc5C)o4)c(=O)n32)cc1. The maximum Gasteiger partial charge on any atom is 0.338 e. The molecule has 1 aliphatic rings. The third-order valence-electron chi connectivity index (χ3n) is 6.67. The summed E-state index contributed by atoms with van der Waals surface area (Å²) in [6.45, 7) is 7.19. The molecular formula is C31H28N2O6S2. The number of esters is 1. The quantitative estimate of drug-likeness (QED) is 0.234. The predicted octanol–water partition coefficient (Wildman–Crippen LogP) is 5.18. The Balaban J connectivity index is 1.62. The van der Waals surface area contributed by atoms with Gasteiger partial charge in [-0.2, -0.15) is 0 Å². The van der Waals surface area contributed by atoms with Crippen molar-refractivity contribution in [2.75, 3.05) is 6.26 Å². The Morgan fingerprint density at radius 2 is 1.85 bits per heavy atom. The molecule has 3 heterocycles. The van der Waals surface area contributed by atoms with Crippen LogP contribution in [0.1, 0.15) is 54.1 Å². The van der Waals surface area contributed by atoms with E-state index in [1.807, 2.05) is 37.4 Å². The van der Waals surface area contributed by atoms with Crippen LogP contribution >= 0.6 is 23.1 Å². The van der Waals surface area contributed by atoms with Gasteiger partial charge >= 0.3 is 11.9 Å². The number of aryl methyl sites for hydroxylation is 1. The first-order chi connectivity index (χ1) is 19.6. The summed E-state index contributed by atoms with van der Waals surface area (Å²) in [7, 11) is 0. The van der Waals surface area contributed by atoms with Gasteiger partial charge < -0.3 is 14.3 Å². The molecular weight excluding hydrogens is 560 g/mol. The second-order valence-corrected chi connectivity index (χ2v) is 11.7. The molecule has 1 aliphatic heterocycles. The lowest BCUT2D eigenvalue weighted by Gasteiger charge is -2.25. The Labute approximate surface area is 244 Å². The van der Waals surface area contributed by atoms with Gasteiger partial charge in [0.1, 0.15) is 11.5 Å². The maximum absolute atomic E-state index is 13.9. The van der Waals surface area contributed by atoms with E-state index in [9.17, 15) is 19.5 Å². The van der Waals surface area contributed by atoms with Crippen molar-refractivity contribution in [1.82, 2.24) is 4.57 Å². The van der Waals surface area contributed by atoms with Gasteiger partial charge in [-0.25, -0.2) is 14.6 Å². The lowest BCUT2D eigenvalue weighted by Crippen LogP contribution is -2.40. The molecule has 0 saturated heterocycles. The number of benzene rings is 2. The number of hydrogen-bond donors (Lipinski definition) is 1. The number of allylic oxidation sites excluding steroid dienone is 1. The fourth-order valence-electron chi connectivity index (χ4n) is 4.69. The molecule has 10 heteroatoms. The van der Waals surface area contributed by atoms with Crippen molar-refractivity contribution in [2.45, 2.75) is 44.7 Å². The van der Waals surface area contributed by atoms with Crippen molar-refractivity contribution in [3.8, 4) is 11.3 Å². The van der Waals surface area contributed by atoms with Crippen molar-refractivity contribution in [3.63, 3.8) is 0 Å². The summed E-state index contributed by atoms with van der Waals surface area (Å²) in [5, 5.41) is 9.39. The van der Waals surface area contributed by atoms with Crippen molar-refractivity contribution < 1.29 is 23.8 Å². The summed E-state index contributed by atoms with van der Waals surface area (Å²) >= 11 is 2.81. The fraction of sp³-hybridized carbons (Fsp3) is 0.226. The van der Waals surface area contributed by atoms with E-state index in [0.717, 1.165) is 16.0 Å². The zero-order valence-electron chi connectivity index (χ0n) is 23.1. The lowest BCUT2D eigenvalue weighted by molar-refractivity contribution is -0.143. The normalized spacial score (nSPS) is 15.2. The van der Waals surface area contributed by atoms with Crippen LogP contribution < -0.4 is 14.9 Å². The number of aromatic carboxylic acids is 1. The van der Waals surface area contributed by atoms with Crippen molar-refractivity contribution in [1.29, 1.82) is 0 Å². The van der Waals surface area contributed by atoms with E-state index in [1.54, 1.807) is 73.5 Å². The molecule has 0 amide bonds. The summed E-state index contributed by atoms with van der Waals surface area (Å²) in [5.41, 5.74) is 2.96. The van der Waals surface area contributed by atoms with Gasteiger partial charge in [-0.3, -0.25) is 9.36 Å². The number of fused-ring (bicyclic) bond motifs is 1. The van der Waals surface area contributed by atoms with E-state index in [1.165, 1.54) is 11.3 Å². The minimum absolute atomic E-state index is 0.157. The van der Waals surface area contributed by atoms with E-state index >= 15 is 0 Å². The molecule has 2 aromatic heterocycles. The second kappa shape index (κ2) is 11.4. The Kier molecular flexibility index (Phi) is 7.88. The van der Waals surface area contributed by atoms with Crippen LogP contribution in [0.2, 0.25) is 0 Å². The monoisotopic (exact) mass is 588 g/mol. The minimum Gasteiger partial charge on any atom is -0.478 e. The van der Waals surface area contributed by atoms with Gasteiger partial charge in [0.2, 0.25) is 0 Å². The summed E-state index contributed by atoms with van der Waals surface area (Å²) in [4.78, 5) is 44.7. The molecule has 0 aliphatic carbocycles. The Morgan fingerprint density at radius 3 is 2.51 bits per heavy atom. The van der Waals surface area contributed by atoms with Gasteiger partial charge in [0.25, 0.3) is 5.56 Å². The summed E-state index contributed by atoms with van der Waals surface area (Å²) in [6, 6.07) is 15.4.